The van der Waals surface area contributed by atoms with Crippen LogP contribution in [0, 0.1) is 0 Å². The number of carbonyl (C=O) groups is 1. The van der Waals surface area contributed by atoms with Crippen LogP contribution in [0.3, 0.4) is 0 Å². The number of carboxylic acid groups (broad SMARTS) is 1. The van der Waals surface area contributed by atoms with Gasteiger partial charge in [-0.15, -0.1) is 0 Å². The standard InChI is InChI=1S/C8H16O2.FH.K/c1-2-3-4-5-6-7-8(9)10;;/h2-7H2,1H3,(H,9,10);1H;/q;;+1/p-1. The molecule has 0 saturated carbocycles. The summed E-state index contributed by atoms with van der Waals surface area (Å²) < 4.78 is 0. The van der Waals surface area contributed by atoms with Crippen LogP contribution in [0.1, 0.15) is 45.4 Å². The summed E-state index contributed by atoms with van der Waals surface area (Å²) in [6.07, 6.45) is 5.61. The van der Waals surface area contributed by atoms with Crippen LogP contribution < -0.4 is 56.5 Å². The van der Waals surface area contributed by atoms with Crippen molar-refractivity contribution in [3.05, 3.63) is 0 Å². The zero-order valence-corrected chi connectivity index (χ0v) is 11.1. The van der Waals surface area contributed by atoms with E-state index < -0.39 is 5.97 Å². The van der Waals surface area contributed by atoms with E-state index in [4.69, 9.17) is 0 Å². The van der Waals surface area contributed by atoms with Crippen LogP contribution in [-0.2, 0) is 4.79 Å². The van der Waals surface area contributed by atoms with Crippen molar-refractivity contribution in [3.63, 3.8) is 0 Å². The Morgan fingerprint density at radius 3 is 2.08 bits per heavy atom. The van der Waals surface area contributed by atoms with E-state index in [0.717, 1.165) is 19.3 Å². The molecule has 0 atom stereocenters. The molecule has 0 bridgehead atoms. The summed E-state index contributed by atoms with van der Waals surface area (Å²) in [6, 6.07) is 0. The van der Waals surface area contributed by atoms with E-state index in [1.807, 2.05) is 0 Å². The number of rotatable bonds is 6. The smallest absolute Gasteiger partial charge is 0.550 e. The first-order valence-electron chi connectivity index (χ1n) is 3.97. The van der Waals surface area contributed by atoms with Crippen LogP contribution in [0.5, 0.6) is 0 Å². The Bertz CT molecular complexity index is 99.1. The number of unbranched alkanes of at least 4 members (excludes halogenated alkanes) is 4. The minimum atomic E-state index is -0.920. The average Bonchev–Trinajstić information content (AvgIpc) is 1.87. The van der Waals surface area contributed by atoms with Crippen LogP contribution in [0.2, 0.25) is 0 Å². The minimum Gasteiger partial charge on any atom is -0.550 e. The maximum atomic E-state index is 9.92. The van der Waals surface area contributed by atoms with Crippen molar-refractivity contribution in [2.24, 2.45) is 0 Å². The molecular formula is C8H16FKO2. The van der Waals surface area contributed by atoms with E-state index in [9.17, 15) is 9.90 Å². The molecule has 0 aromatic heterocycles. The van der Waals surface area contributed by atoms with E-state index in [1.165, 1.54) is 12.8 Å². The number of carbonyl (C=O) groups excluding carboxylic acids is 1. The van der Waals surface area contributed by atoms with Gasteiger partial charge in [-0.05, 0) is 12.8 Å². The van der Waals surface area contributed by atoms with Gasteiger partial charge < -0.3 is 9.90 Å². The predicted octanol–water partition coefficient (Wildman–Crippen LogP) is -1.75. The Balaban J connectivity index is -0.000000405. The van der Waals surface area contributed by atoms with Gasteiger partial charge in [-0.2, -0.15) is 0 Å². The van der Waals surface area contributed by atoms with Crippen molar-refractivity contribution in [3.8, 4) is 0 Å². The van der Waals surface area contributed by atoms with Gasteiger partial charge in [0.1, 0.15) is 0 Å². The Hall–Kier alpha value is 1.04. The summed E-state index contributed by atoms with van der Waals surface area (Å²) in [4.78, 5) is 9.92. The van der Waals surface area contributed by atoms with E-state index in [2.05, 4.69) is 6.92 Å². The molecule has 0 fully saturated rings. The molecule has 0 saturated heterocycles. The Morgan fingerprint density at radius 1 is 1.17 bits per heavy atom. The quantitative estimate of drug-likeness (QED) is 0.379. The van der Waals surface area contributed by atoms with Gasteiger partial charge in [0.05, 0.1) is 0 Å². The monoisotopic (exact) mass is 202 g/mol. The van der Waals surface area contributed by atoms with Crippen LogP contribution in [0.4, 0.5) is 4.70 Å². The Morgan fingerprint density at radius 2 is 1.67 bits per heavy atom. The number of halogens is 1. The summed E-state index contributed by atoms with van der Waals surface area (Å²) in [5.41, 5.74) is 0. The van der Waals surface area contributed by atoms with Crippen LogP contribution in [0.25, 0.3) is 0 Å². The molecule has 0 amide bonds. The molecule has 2 nitrogen and oxygen atoms in total. The van der Waals surface area contributed by atoms with Crippen molar-refractivity contribution in [2.75, 3.05) is 0 Å². The number of carboxylic acids is 1. The molecule has 0 spiro atoms. The van der Waals surface area contributed by atoms with E-state index >= 15 is 0 Å². The van der Waals surface area contributed by atoms with Gasteiger partial charge in [0.25, 0.3) is 0 Å². The van der Waals surface area contributed by atoms with Gasteiger partial charge in [0.2, 0.25) is 0 Å². The molecule has 0 N–H and O–H groups in total. The SMILES string of the molecule is CCCCCCCC(=O)[O-].F.[K+]. The predicted molar refractivity (Wildman–Crippen MR) is 40.9 cm³/mol. The maximum Gasteiger partial charge on any atom is 1.00 e. The molecular weight excluding hydrogens is 186 g/mol. The summed E-state index contributed by atoms with van der Waals surface area (Å²) in [5, 5.41) is 9.92. The molecule has 0 aliphatic rings. The van der Waals surface area contributed by atoms with Gasteiger partial charge in [-0.25, -0.2) is 0 Å². The van der Waals surface area contributed by atoms with Crippen LogP contribution in [0.15, 0.2) is 0 Å². The minimum absolute atomic E-state index is 0. The molecule has 0 unspecified atom stereocenters. The van der Waals surface area contributed by atoms with Crippen molar-refractivity contribution >= 4 is 5.97 Å². The van der Waals surface area contributed by atoms with Gasteiger partial charge in [0, 0.05) is 5.97 Å². The molecule has 0 aliphatic carbocycles. The second-order valence-corrected chi connectivity index (χ2v) is 2.54. The molecule has 0 aliphatic heterocycles. The third-order valence-corrected chi connectivity index (χ3v) is 1.48. The molecule has 0 aromatic rings. The fourth-order valence-corrected chi connectivity index (χ4v) is 0.873. The van der Waals surface area contributed by atoms with Gasteiger partial charge in [0.15, 0.2) is 0 Å². The fourth-order valence-electron chi connectivity index (χ4n) is 0.873. The molecule has 4 heteroatoms. The van der Waals surface area contributed by atoms with Gasteiger partial charge in [-0.1, -0.05) is 32.6 Å². The van der Waals surface area contributed by atoms with Crippen molar-refractivity contribution in [1.29, 1.82) is 0 Å². The van der Waals surface area contributed by atoms with Crippen molar-refractivity contribution < 1.29 is 66.0 Å². The largest absolute Gasteiger partial charge is 1.00 e. The van der Waals surface area contributed by atoms with Crippen LogP contribution in [-0.4, -0.2) is 5.97 Å². The molecule has 12 heavy (non-hydrogen) atoms. The van der Waals surface area contributed by atoms with E-state index in [-0.39, 0.29) is 62.5 Å². The number of hydrogen-bond donors (Lipinski definition) is 0. The summed E-state index contributed by atoms with van der Waals surface area (Å²) >= 11 is 0. The number of hydrogen-bond acceptors (Lipinski definition) is 2. The van der Waals surface area contributed by atoms with E-state index in [1.54, 1.807) is 0 Å². The summed E-state index contributed by atoms with van der Waals surface area (Å²) in [7, 11) is 0. The third-order valence-electron chi connectivity index (χ3n) is 1.48. The fraction of sp³-hybridized carbons (Fsp3) is 0.875. The Kier molecular flexibility index (Phi) is 22.7. The molecule has 0 aromatic carbocycles. The topological polar surface area (TPSA) is 40.1 Å². The first-order chi connectivity index (χ1) is 4.77. The van der Waals surface area contributed by atoms with Crippen molar-refractivity contribution in [1.82, 2.24) is 0 Å². The molecule has 0 rings (SSSR count). The normalized spacial score (nSPS) is 8.08. The first-order valence-corrected chi connectivity index (χ1v) is 3.97. The number of aliphatic carboxylic acids is 1. The Labute approximate surface area is 116 Å². The van der Waals surface area contributed by atoms with E-state index in [0.29, 0.717) is 0 Å². The van der Waals surface area contributed by atoms with Gasteiger partial charge >= 0.3 is 51.4 Å². The summed E-state index contributed by atoms with van der Waals surface area (Å²) in [6.45, 7) is 2.14. The van der Waals surface area contributed by atoms with Gasteiger partial charge in [-0.3, -0.25) is 4.70 Å². The van der Waals surface area contributed by atoms with Crippen molar-refractivity contribution in [2.45, 2.75) is 45.4 Å². The summed E-state index contributed by atoms with van der Waals surface area (Å²) in [5.74, 6) is -0.920. The zero-order chi connectivity index (χ0) is 7.82. The molecule has 0 radical (unpaired) electrons. The average molecular weight is 202 g/mol. The second-order valence-electron chi connectivity index (χ2n) is 2.54. The molecule has 68 valence electrons. The molecule has 0 heterocycles. The van der Waals surface area contributed by atoms with Crippen LogP contribution >= 0.6 is 0 Å². The third kappa shape index (κ3) is 17.2. The second kappa shape index (κ2) is 14.6. The zero-order valence-electron chi connectivity index (χ0n) is 7.97. The first kappa shape index (κ1) is 18.7. The maximum absolute atomic E-state index is 9.92.